The third-order valence-corrected chi connectivity index (χ3v) is 4.36. The Balaban J connectivity index is 1.91. The van der Waals surface area contributed by atoms with Gasteiger partial charge in [0.1, 0.15) is 5.82 Å². The van der Waals surface area contributed by atoms with Crippen LogP contribution in [0.3, 0.4) is 0 Å². The highest BCUT2D eigenvalue weighted by Crippen LogP contribution is 2.38. The Morgan fingerprint density at radius 3 is 3.10 bits per heavy atom. The summed E-state index contributed by atoms with van der Waals surface area (Å²) in [6.45, 7) is 3.18. The number of nitrogens with zero attached hydrogens (tertiary/aromatic N) is 2. The van der Waals surface area contributed by atoms with Crippen LogP contribution in [0.15, 0.2) is 36.7 Å². The van der Waals surface area contributed by atoms with Crippen molar-refractivity contribution in [1.82, 2.24) is 9.55 Å². The minimum atomic E-state index is -0.00185. The highest BCUT2D eigenvalue weighted by Gasteiger charge is 2.28. The lowest BCUT2D eigenvalue weighted by Gasteiger charge is -2.30. The average Bonchev–Trinajstić information content (AvgIpc) is 2.94. The molecule has 1 heterocycles. The molecule has 1 aliphatic carbocycles. The maximum absolute atomic E-state index is 6.58. The minimum absolute atomic E-state index is 0.00185. The summed E-state index contributed by atoms with van der Waals surface area (Å²) in [5, 5.41) is 0. The standard InChI is InChI=1S/C17H23N3/c1-2-11-20-12-10-19-17(20)16(18)15-9-5-7-13-6-3-4-8-14(13)15/h3-4,6,8,10,12,15-16H,2,5,7,9,11,18H2,1H3. The first-order valence-corrected chi connectivity index (χ1v) is 7.65. The first-order valence-electron chi connectivity index (χ1n) is 7.65. The zero-order valence-electron chi connectivity index (χ0n) is 12.1. The molecular formula is C17H23N3. The molecule has 0 amide bonds. The zero-order valence-corrected chi connectivity index (χ0v) is 12.1. The summed E-state index contributed by atoms with van der Waals surface area (Å²) in [6.07, 6.45) is 8.61. The molecule has 3 nitrogen and oxygen atoms in total. The number of aryl methyl sites for hydroxylation is 2. The lowest BCUT2D eigenvalue weighted by molar-refractivity contribution is 0.442. The van der Waals surface area contributed by atoms with Crippen molar-refractivity contribution in [1.29, 1.82) is 0 Å². The van der Waals surface area contributed by atoms with Crippen LogP contribution in [0.25, 0.3) is 0 Å². The zero-order chi connectivity index (χ0) is 13.9. The molecule has 1 aromatic carbocycles. The van der Waals surface area contributed by atoms with E-state index in [0.29, 0.717) is 5.92 Å². The van der Waals surface area contributed by atoms with Crippen molar-refractivity contribution in [2.75, 3.05) is 0 Å². The molecule has 0 aliphatic heterocycles. The topological polar surface area (TPSA) is 43.8 Å². The summed E-state index contributed by atoms with van der Waals surface area (Å²) >= 11 is 0. The molecule has 3 rings (SSSR count). The highest BCUT2D eigenvalue weighted by molar-refractivity contribution is 5.34. The van der Waals surface area contributed by atoms with Gasteiger partial charge in [-0.1, -0.05) is 31.2 Å². The largest absolute Gasteiger partial charge is 0.334 e. The average molecular weight is 269 g/mol. The monoisotopic (exact) mass is 269 g/mol. The fraction of sp³-hybridized carbons (Fsp3) is 0.471. The van der Waals surface area contributed by atoms with Crippen LogP contribution >= 0.6 is 0 Å². The Kier molecular flexibility index (Phi) is 3.88. The minimum Gasteiger partial charge on any atom is -0.334 e. The van der Waals surface area contributed by atoms with Crippen molar-refractivity contribution < 1.29 is 0 Å². The summed E-state index contributed by atoms with van der Waals surface area (Å²) in [6, 6.07) is 8.74. The number of hydrogen-bond acceptors (Lipinski definition) is 2. The number of hydrogen-bond donors (Lipinski definition) is 1. The summed E-state index contributed by atoms with van der Waals surface area (Å²) < 4.78 is 2.21. The van der Waals surface area contributed by atoms with Crippen LogP contribution in [0.5, 0.6) is 0 Å². The summed E-state index contributed by atoms with van der Waals surface area (Å²) in [5.74, 6) is 1.44. The molecule has 20 heavy (non-hydrogen) atoms. The predicted octanol–water partition coefficient (Wildman–Crippen LogP) is 3.41. The molecule has 1 aliphatic rings. The second-order valence-corrected chi connectivity index (χ2v) is 5.70. The van der Waals surface area contributed by atoms with Crippen LogP contribution in [0, 0.1) is 0 Å². The Bertz CT molecular complexity index is 573. The van der Waals surface area contributed by atoms with Crippen LogP contribution in [0.1, 0.15) is 55.1 Å². The molecule has 3 heteroatoms. The lowest BCUT2D eigenvalue weighted by Crippen LogP contribution is -2.26. The molecule has 0 bridgehead atoms. The van der Waals surface area contributed by atoms with E-state index in [2.05, 4.69) is 40.7 Å². The van der Waals surface area contributed by atoms with E-state index in [9.17, 15) is 0 Å². The van der Waals surface area contributed by atoms with E-state index in [1.165, 1.54) is 24.0 Å². The van der Waals surface area contributed by atoms with E-state index in [4.69, 9.17) is 5.73 Å². The predicted molar refractivity (Wildman–Crippen MR) is 81.6 cm³/mol. The first kappa shape index (κ1) is 13.4. The molecule has 0 saturated heterocycles. The van der Waals surface area contributed by atoms with E-state index < -0.39 is 0 Å². The van der Waals surface area contributed by atoms with Crippen LogP contribution in [-0.4, -0.2) is 9.55 Å². The second kappa shape index (κ2) is 5.80. The Morgan fingerprint density at radius 2 is 2.25 bits per heavy atom. The van der Waals surface area contributed by atoms with E-state index >= 15 is 0 Å². The van der Waals surface area contributed by atoms with Crippen LogP contribution in [0.4, 0.5) is 0 Å². The molecule has 2 aromatic rings. The van der Waals surface area contributed by atoms with Gasteiger partial charge in [-0.05, 0) is 36.8 Å². The number of aromatic nitrogens is 2. The normalized spacial score (nSPS) is 19.6. The van der Waals surface area contributed by atoms with E-state index in [-0.39, 0.29) is 6.04 Å². The number of benzene rings is 1. The molecule has 0 radical (unpaired) electrons. The van der Waals surface area contributed by atoms with Crippen molar-refractivity contribution in [2.24, 2.45) is 5.73 Å². The van der Waals surface area contributed by atoms with Gasteiger partial charge in [0, 0.05) is 24.9 Å². The number of fused-ring (bicyclic) bond motifs is 1. The fourth-order valence-electron chi connectivity index (χ4n) is 3.39. The van der Waals surface area contributed by atoms with Gasteiger partial charge in [-0.2, -0.15) is 0 Å². The van der Waals surface area contributed by atoms with Gasteiger partial charge >= 0.3 is 0 Å². The molecule has 2 unspecified atom stereocenters. The fourth-order valence-corrected chi connectivity index (χ4v) is 3.39. The third kappa shape index (κ3) is 2.38. The van der Waals surface area contributed by atoms with Gasteiger partial charge in [0.2, 0.25) is 0 Å². The molecule has 0 saturated carbocycles. The third-order valence-electron chi connectivity index (χ3n) is 4.36. The first-order chi connectivity index (χ1) is 9.81. The van der Waals surface area contributed by atoms with Crippen molar-refractivity contribution in [3.05, 3.63) is 53.6 Å². The van der Waals surface area contributed by atoms with Crippen molar-refractivity contribution in [3.63, 3.8) is 0 Å². The quantitative estimate of drug-likeness (QED) is 0.924. The Morgan fingerprint density at radius 1 is 1.40 bits per heavy atom. The van der Waals surface area contributed by atoms with Gasteiger partial charge in [0.05, 0.1) is 6.04 Å². The Hall–Kier alpha value is -1.61. The molecule has 106 valence electrons. The van der Waals surface area contributed by atoms with E-state index in [1.54, 1.807) is 0 Å². The smallest absolute Gasteiger partial charge is 0.126 e. The van der Waals surface area contributed by atoms with Gasteiger partial charge in [0.25, 0.3) is 0 Å². The van der Waals surface area contributed by atoms with Gasteiger partial charge in [-0.15, -0.1) is 0 Å². The molecule has 0 fully saturated rings. The molecule has 0 spiro atoms. The molecule has 2 atom stereocenters. The maximum Gasteiger partial charge on any atom is 0.126 e. The summed E-state index contributed by atoms with van der Waals surface area (Å²) in [5.41, 5.74) is 9.47. The number of rotatable bonds is 4. The van der Waals surface area contributed by atoms with Crippen molar-refractivity contribution in [3.8, 4) is 0 Å². The van der Waals surface area contributed by atoms with Gasteiger partial charge in [-0.3, -0.25) is 0 Å². The van der Waals surface area contributed by atoms with Gasteiger partial charge in [0.15, 0.2) is 0 Å². The summed E-state index contributed by atoms with van der Waals surface area (Å²) in [4.78, 5) is 4.52. The van der Waals surface area contributed by atoms with Crippen LogP contribution in [-0.2, 0) is 13.0 Å². The van der Waals surface area contributed by atoms with Gasteiger partial charge < -0.3 is 10.3 Å². The van der Waals surface area contributed by atoms with Gasteiger partial charge in [-0.25, -0.2) is 4.98 Å². The number of imidazole rings is 1. The van der Waals surface area contributed by atoms with Crippen molar-refractivity contribution >= 4 is 0 Å². The molecule has 2 N–H and O–H groups in total. The summed E-state index contributed by atoms with van der Waals surface area (Å²) in [7, 11) is 0. The van der Waals surface area contributed by atoms with Crippen molar-refractivity contribution in [2.45, 2.75) is 51.1 Å². The molecule has 1 aromatic heterocycles. The Labute approximate surface area is 120 Å². The van der Waals surface area contributed by atoms with Crippen LogP contribution < -0.4 is 5.73 Å². The highest BCUT2D eigenvalue weighted by atomic mass is 15.1. The number of nitrogens with two attached hydrogens (primary N) is 1. The van der Waals surface area contributed by atoms with Crippen LogP contribution in [0.2, 0.25) is 0 Å². The van der Waals surface area contributed by atoms with E-state index in [1.807, 2.05) is 12.4 Å². The maximum atomic E-state index is 6.58. The van der Waals surface area contributed by atoms with E-state index in [0.717, 1.165) is 25.2 Å². The lowest BCUT2D eigenvalue weighted by atomic mass is 9.79. The molecular weight excluding hydrogens is 246 g/mol. The second-order valence-electron chi connectivity index (χ2n) is 5.70. The SMILES string of the molecule is CCCn1ccnc1C(N)C1CCCc2ccccc21.